The number of hydroxylamine groups is 2. The number of ether oxygens (including phenoxy) is 3. The number of phenols is 1. The van der Waals surface area contributed by atoms with Crippen LogP contribution in [0.4, 0.5) is 17.2 Å². The fraction of sp³-hybridized carbons (Fsp3) is 0.405. The van der Waals surface area contributed by atoms with Gasteiger partial charge in [-0.3, -0.25) is 0 Å². The molecule has 1 aliphatic carbocycles. The van der Waals surface area contributed by atoms with Crippen molar-refractivity contribution < 1.29 is 28.9 Å². The van der Waals surface area contributed by atoms with E-state index in [1.54, 1.807) is 35.5 Å². The second-order valence-electron chi connectivity index (χ2n) is 13.5. The maximum absolute atomic E-state index is 12.4. The molecule has 0 amide bonds. The van der Waals surface area contributed by atoms with Crippen molar-refractivity contribution in [2.24, 2.45) is 0 Å². The predicted octanol–water partition coefficient (Wildman–Crippen LogP) is 4.08. The molecule has 5 heterocycles. The first-order valence-corrected chi connectivity index (χ1v) is 17.2. The molecular weight excluding hydrogens is 638 g/mol. The molecule has 1 saturated carbocycles. The Balaban J connectivity index is 0.839. The normalized spacial score (nSPS) is 22.1. The molecule has 13 nitrogen and oxygen atoms in total. The van der Waals surface area contributed by atoms with Crippen molar-refractivity contribution in [3.05, 3.63) is 84.6 Å². The number of hydrogen-bond acceptors (Lipinski definition) is 13. The zero-order valence-corrected chi connectivity index (χ0v) is 27.8. The number of pyridine rings is 1. The Morgan fingerprint density at radius 3 is 2.44 bits per heavy atom. The Labute approximate surface area is 290 Å². The monoisotopic (exact) mass is 679 g/mol. The zero-order chi connectivity index (χ0) is 34.1. The van der Waals surface area contributed by atoms with Crippen LogP contribution in [0.15, 0.2) is 79.0 Å². The summed E-state index contributed by atoms with van der Waals surface area (Å²) in [6.07, 6.45) is 5.40. The number of nitrogens with two attached hydrogens (primary N) is 1. The van der Waals surface area contributed by atoms with Crippen LogP contribution >= 0.6 is 0 Å². The summed E-state index contributed by atoms with van der Waals surface area (Å²) in [6, 6.07) is 22.1. The Hall–Kier alpha value is -4.98. The third-order valence-electron chi connectivity index (χ3n) is 10.1. The molecule has 13 heteroatoms. The van der Waals surface area contributed by atoms with Gasteiger partial charge in [-0.2, -0.15) is 0 Å². The van der Waals surface area contributed by atoms with Crippen LogP contribution in [0.2, 0.25) is 0 Å². The van der Waals surface area contributed by atoms with Gasteiger partial charge in [-0.25, -0.2) is 9.78 Å². The minimum atomic E-state index is -0.326. The number of aromatic nitrogens is 3. The van der Waals surface area contributed by atoms with E-state index in [0.717, 1.165) is 43.6 Å². The standard InChI is InChI=1S/C37H41N7O6/c38-35-32(21-31(40-41-35)30-8-4-5-9-33(30)45)42-16-17-44(37(22-42)23-47-24-37)26-10-13-39-34(18-26)49-29-19-28(20-29)48-27-11-14-43(15-12-27)50-36(46)25-6-2-1-3-7-25/h1-10,13,18,21,27-29,45H,11-12,14-17,19-20,22-24H2,(H2,38,41)/t28-,29-. The van der Waals surface area contributed by atoms with Crippen LogP contribution < -0.4 is 20.3 Å². The van der Waals surface area contributed by atoms with E-state index in [2.05, 4.69) is 25.0 Å². The highest BCUT2D eigenvalue weighted by molar-refractivity contribution is 5.89. The average Bonchev–Trinajstić information content (AvgIpc) is 3.11. The van der Waals surface area contributed by atoms with Crippen LogP contribution in [0.1, 0.15) is 36.0 Å². The van der Waals surface area contributed by atoms with Crippen molar-refractivity contribution >= 4 is 23.2 Å². The quantitative estimate of drug-likeness (QED) is 0.262. The van der Waals surface area contributed by atoms with Crippen molar-refractivity contribution in [2.45, 2.75) is 49.5 Å². The van der Waals surface area contributed by atoms with Gasteiger partial charge in [-0.1, -0.05) is 30.3 Å². The fourth-order valence-corrected chi connectivity index (χ4v) is 7.24. The highest BCUT2D eigenvalue weighted by Crippen LogP contribution is 2.39. The molecule has 8 rings (SSSR count). The zero-order valence-electron chi connectivity index (χ0n) is 27.8. The van der Waals surface area contributed by atoms with Gasteiger partial charge in [0.1, 0.15) is 17.4 Å². The summed E-state index contributed by atoms with van der Waals surface area (Å²) >= 11 is 0. The maximum atomic E-state index is 12.4. The molecule has 2 aromatic heterocycles. The predicted molar refractivity (Wildman–Crippen MR) is 186 cm³/mol. The van der Waals surface area contributed by atoms with Gasteiger partial charge in [0, 0.05) is 69.1 Å². The smallest absolute Gasteiger partial charge is 0.357 e. The van der Waals surface area contributed by atoms with Gasteiger partial charge in [0.15, 0.2) is 5.82 Å². The van der Waals surface area contributed by atoms with Crippen molar-refractivity contribution in [3.63, 3.8) is 0 Å². The molecule has 1 spiro atoms. The van der Waals surface area contributed by atoms with Gasteiger partial charge in [-0.05, 0) is 49.2 Å². The van der Waals surface area contributed by atoms with Gasteiger partial charge in [0.05, 0.1) is 42.4 Å². The van der Waals surface area contributed by atoms with Crippen LogP contribution in [0.5, 0.6) is 11.6 Å². The second-order valence-corrected chi connectivity index (χ2v) is 13.5. The van der Waals surface area contributed by atoms with Gasteiger partial charge < -0.3 is 39.7 Å². The van der Waals surface area contributed by atoms with Crippen LogP contribution in [-0.2, 0) is 14.3 Å². The molecule has 0 radical (unpaired) electrons. The number of carbonyl (C=O) groups excluding carboxylic acids is 1. The first-order valence-electron chi connectivity index (χ1n) is 17.2. The van der Waals surface area contributed by atoms with E-state index in [9.17, 15) is 9.90 Å². The number of piperazine rings is 1. The third-order valence-corrected chi connectivity index (χ3v) is 10.1. The molecule has 260 valence electrons. The molecule has 2 aromatic carbocycles. The Morgan fingerprint density at radius 1 is 0.900 bits per heavy atom. The van der Waals surface area contributed by atoms with Crippen molar-refractivity contribution in [1.29, 1.82) is 0 Å². The third kappa shape index (κ3) is 6.63. The minimum Gasteiger partial charge on any atom is -0.507 e. The van der Waals surface area contributed by atoms with Gasteiger partial charge in [0.25, 0.3) is 0 Å². The van der Waals surface area contributed by atoms with Crippen molar-refractivity contribution in [1.82, 2.24) is 20.2 Å². The molecule has 3 N–H and O–H groups in total. The van der Waals surface area contributed by atoms with E-state index in [-0.39, 0.29) is 35.6 Å². The number of rotatable bonds is 9. The lowest BCUT2D eigenvalue weighted by atomic mass is 9.90. The topological polar surface area (TPSA) is 149 Å². The number of aromatic hydroxyl groups is 1. The SMILES string of the molecule is Nc1nnc(-c2ccccc2O)cc1N1CCN(c2ccnc(O[C@H]3C[C@H](OC4CCN(OC(=O)c5ccccc5)CC4)C3)c2)C2(COC2)C1. The molecule has 3 saturated heterocycles. The molecule has 0 bridgehead atoms. The van der Waals surface area contributed by atoms with E-state index in [1.165, 1.54) is 0 Å². The van der Waals surface area contributed by atoms with Crippen LogP contribution in [0, 0.1) is 0 Å². The number of hydrogen-bond donors (Lipinski definition) is 2. The number of anilines is 3. The highest BCUT2D eigenvalue weighted by Gasteiger charge is 2.48. The van der Waals surface area contributed by atoms with Gasteiger partial charge in [0.2, 0.25) is 5.88 Å². The van der Waals surface area contributed by atoms with Gasteiger partial charge >= 0.3 is 5.97 Å². The van der Waals surface area contributed by atoms with Crippen LogP contribution in [0.3, 0.4) is 0 Å². The first-order chi connectivity index (χ1) is 24.4. The Kier molecular flexibility index (Phi) is 8.85. The lowest BCUT2D eigenvalue weighted by molar-refractivity contribution is -0.161. The van der Waals surface area contributed by atoms with E-state index in [4.69, 9.17) is 24.8 Å². The van der Waals surface area contributed by atoms with E-state index >= 15 is 0 Å². The number of phenolic OH excluding ortho intramolecular Hbond substituents is 1. The minimum absolute atomic E-state index is 0.0490. The Morgan fingerprint density at radius 2 is 1.68 bits per heavy atom. The lowest BCUT2D eigenvalue weighted by Crippen LogP contribution is -2.72. The number of nitrogens with zero attached hydrogens (tertiary/aromatic N) is 6. The number of para-hydroxylation sites is 1. The number of nitrogen functional groups attached to an aromatic ring is 1. The molecule has 4 fully saturated rings. The summed E-state index contributed by atoms with van der Waals surface area (Å²) in [4.78, 5) is 27.1. The summed E-state index contributed by atoms with van der Waals surface area (Å²) in [6.45, 7) is 4.62. The van der Waals surface area contributed by atoms with E-state index < -0.39 is 0 Å². The molecule has 50 heavy (non-hydrogen) atoms. The first kappa shape index (κ1) is 32.2. The molecule has 0 atom stereocenters. The summed E-state index contributed by atoms with van der Waals surface area (Å²) in [5.41, 5.74) is 9.67. The van der Waals surface area contributed by atoms with Gasteiger partial charge in [-0.15, -0.1) is 15.3 Å². The summed E-state index contributed by atoms with van der Waals surface area (Å²) in [5, 5.41) is 20.6. The second kappa shape index (κ2) is 13.7. The molecule has 3 aliphatic heterocycles. The molecule has 4 aliphatic rings. The summed E-state index contributed by atoms with van der Waals surface area (Å²) in [5.74, 6) is 0.776. The molecule has 0 unspecified atom stereocenters. The molecular formula is C37H41N7O6. The largest absolute Gasteiger partial charge is 0.507 e. The highest BCUT2D eigenvalue weighted by atomic mass is 16.7. The molecule has 4 aromatic rings. The van der Waals surface area contributed by atoms with Crippen molar-refractivity contribution in [3.8, 4) is 22.9 Å². The maximum Gasteiger partial charge on any atom is 0.357 e. The van der Waals surface area contributed by atoms with E-state index in [0.29, 0.717) is 67.9 Å². The Bertz CT molecular complexity index is 1810. The lowest BCUT2D eigenvalue weighted by Gasteiger charge is -2.56. The number of piperidine rings is 1. The van der Waals surface area contributed by atoms with Crippen LogP contribution in [-0.4, -0.2) is 101 Å². The number of benzene rings is 2. The summed E-state index contributed by atoms with van der Waals surface area (Å²) in [7, 11) is 0. The summed E-state index contributed by atoms with van der Waals surface area (Å²) < 4.78 is 18.5. The van der Waals surface area contributed by atoms with Crippen LogP contribution in [0.25, 0.3) is 11.3 Å². The number of carbonyl (C=O) groups is 1. The van der Waals surface area contributed by atoms with E-state index in [1.807, 2.05) is 48.5 Å². The average molecular weight is 680 g/mol. The van der Waals surface area contributed by atoms with Crippen molar-refractivity contribution in [2.75, 3.05) is 61.5 Å². The fourth-order valence-electron chi connectivity index (χ4n) is 7.24.